The molecular weight excluding hydrogens is 424 g/mol. The Kier molecular flexibility index (Phi) is 8.67. The van der Waals surface area contributed by atoms with Crippen molar-refractivity contribution < 1.29 is 28.5 Å². The van der Waals surface area contributed by atoms with Crippen molar-refractivity contribution in [3.05, 3.63) is 78.4 Å². The molecule has 0 radical (unpaired) electrons. The van der Waals surface area contributed by atoms with Crippen LogP contribution < -0.4 is 24.8 Å². The highest BCUT2D eigenvalue weighted by Crippen LogP contribution is 2.26. The van der Waals surface area contributed by atoms with Gasteiger partial charge < -0.3 is 29.6 Å². The summed E-state index contributed by atoms with van der Waals surface area (Å²) in [5.41, 5.74) is 1.44. The summed E-state index contributed by atoms with van der Waals surface area (Å²) in [7, 11) is 3.12. The van der Waals surface area contributed by atoms with Crippen molar-refractivity contribution in [3.8, 4) is 17.2 Å². The highest BCUT2D eigenvalue weighted by molar-refractivity contribution is 6.06. The number of hydrogen-bond acceptors (Lipinski definition) is 6. The van der Waals surface area contributed by atoms with E-state index < -0.39 is 0 Å². The first-order valence-electron chi connectivity index (χ1n) is 10.3. The first kappa shape index (κ1) is 23.6. The van der Waals surface area contributed by atoms with Crippen LogP contribution in [0.25, 0.3) is 0 Å². The maximum absolute atomic E-state index is 12.8. The van der Waals surface area contributed by atoms with Gasteiger partial charge >= 0.3 is 0 Å². The van der Waals surface area contributed by atoms with E-state index in [1.54, 1.807) is 73.8 Å². The molecule has 172 valence electrons. The second-order valence-electron chi connectivity index (χ2n) is 6.86. The van der Waals surface area contributed by atoms with E-state index in [2.05, 4.69) is 10.6 Å². The molecule has 8 heteroatoms. The first-order chi connectivity index (χ1) is 16.1. The van der Waals surface area contributed by atoms with E-state index in [1.807, 2.05) is 6.07 Å². The molecule has 0 aliphatic rings. The van der Waals surface area contributed by atoms with Crippen LogP contribution in [0.15, 0.2) is 72.8 Å². The Morgan fingerprint density at radius 3 is 2.12 bits per heavy atom. The summed E-state index contributed by atoms with van der Waals surface area (Å²) in [4.78, 5) is 25.1. The van der Waals surface area contributed by atoms with Gasteiger partial charge in [0.1, 0.15) is 12.4 Å². The molecule has 0 aromatic heterocycles. The van der Waals surface area contributed by atoms with Crippen LogP contribution in [0.5, 0.6) is 17.2 Å². The van der Waals surface area contributed by atoms with Crippen molar-refractivity contribution >= 4 is 23.2 Å². The molecule has 33 heavy (non-hydrogen) atoms. The molecule has 0 spiro atoms. The minimum absolute atomic E-state index is 0.191. The molecule has 8 nitrogen and oxygen atoms in total. The maximum Gasteiger partial charge on any atom is 0.262 e. The van der Waals surface area contributed by atoms with Crippen LogP contribution in [0.1, 0.15) is 10.4 Å². The van der Waals surface area contributed by atoms with Crippen LogP contribution in [0.3, 0.4) is 0 Å². The molecule has 0 saturated heterocycles. The molecule has 3 aromatic carbocycles. The fourth-order valence-electron chi connectivity index (χ4n) is 2.97. The molecule has 0 unspecified atom stereocenters. The highest BCUT2D eigenvalue weighted by Gasteiger charge is 2.13. The number of hydrogen-bond donors (Lipinski definition) is 2. The highest BCUT2D eigenvalue weighted by atomic mass is 16.5. The fourth-order valence-corrected chi connectivity index (χ4v) is 2.97. The summed E-state index contributed by atoms with van der Waals surface area (Å²) < 4.78 is 21.4. The molecule has 3 rings (SSSR count). The van der Waals surface area contributed by atoms with Gasteiger partial charge in [-0.2, -0.15) is 0 Å². The lowest BCUT2D eigenvalue weighted by molar-refractivity contribution is -0.118. The third-order valence-electron chi connectivity index (χ3n) is 4.51. The van der Waals surface area contributed by atoms with Crippen molar-refractivity contribution in [2.24, 2.45) is 0 Å². The Bertz CT molecular complexity index is 1090. The van der Waals surface area contributed by atoms with E-state index >= 15 is 0 Å². The fraction of sp³-hybridized carbons (Fsp3) is 0.200. The molecule has 0 saturated carbocycles. The van der Waals surface area contributed by atoms with Gasteiger partial charge in [-0.3, -0.25) is 9.59 Å². The minimum Gasteiger partial charge on any atom is -0.493 e. The van der Waals surface area contributed by atoms with E-state index in [-0.39, 0.29) is 18.4 Å². The Morgan fingerprint density at radius 2 is 1.39 bits per heavy atom. The van der Waals surface area contributed by atoms with E-state index in [0.717, 1.165) is 0 Å². The Balaban J connectivity index is 1.59. The van der Waals surface area contributed by atoms with E-state index in [9.17, 15) is 9.59 Å². The average Bonchev–Trinajstić information content (AvgIpc) is 2.83. The number of rotatable bonds is 11. The van der Waals surface area contributed by atoms with Crippen LogP contribution in [0.4, 0.5) is 11.4 Å². The predicted molar refractivity (Wildman–Crippen MR) is 125 cm³/mol. The summed E-state index contributed by atoms with van der Waals surface area (Å²) in [5, 5.41) is 5.58. The van der Waals surface area contributed by atoms with Crippen molar-refractivity contribution in [1.82, 2.24) is 0 Å². The Morgan fingerprint density at radius 1 is 0.727 bits per heavy atom. The summed E-state index contributed by atoms with van der Waals surface area (Å²) in [6.07, 6.45) is 0. The molecule has 0 atom stereocenters. The van der Waals surface area contributed by atoms with Crippen LogP contribution in [-0.4, -0.2) is 45.9 Å². The summed E-state index contributed by atoms with van der Waals surface area (Å²) in [6, 6.07) is 20.9. The lowest BCUT2D eigenvalue weighted by Gasteiger charge is -2.13. The molecule has 2 amide bonds. The molecule has 0 aliphatic carbocycles. The molecule has 2 N–H and O–H groups in total. The van der Waals surface area contributed by atoms with Crippen molar-refractivity contribution in [3.63, 3.8) is 0 Å². The van der Waals surface area contributed by atoms with Gasteiger partial charge in [0.25, 0.3) is 11.8 Å². The minimum atomic E-state index is -0.346. The molecule has 0 bridgehead atoms. The van der Waals surface area contributed by atoms with Crippen LogP contribution in [0, 0.1) is 0 Å². The van der Waals surface area contributed by atoms with Crippen LogP contribution >= 0.6 is 0 Å². The zero-order valence-electron chi connectivity index (χ0n) is 18.5. The number of carbonyl (C=O) groups is 2. The first-order valence-corrected chi connectivity index (χ1v) is 10.3. The number of para-hydroxylation sites is 3. The summed E-state index contributed by atoms with van der Waals surface area (Å²) in [5.74, 6) is 0.807. The van der Waals surface area contributed by atoms with Crippen molar-refractivity contribution in [2.45, 2.75) is 0 Å². The molecule has 3 aromatic rings. The number of anilines is 2. The average molecular weight is 450 g/mol. The molecule has 0 heterocycles. The largest absolute Gasteiger partial charge is 0.493 e. The normalized spacial score (nSPS) is 10.2. The molecular formula is C25H26N2O6. The monoisotopic (exact) mass is 450 g/mol. The standard InChI is InChI=1S/C25H26N2O6/c1-30-14-15-32-21-11-4-3-10-20(21)25(29)27-19-9-7-8-18(16-19)26-24(28)17-33-23-13-6-5-12-22(23)31-2/h3-13,16H,14-15,17H2,1-2H3,(H,26,28)(H,27,29). The molecule has 0 aliphatic heterocycles. The quantitative estimate of drug-likeness (QED) is 0.429. The van der Waals surface area contributed by atoms with Gasteiger partial charge in [0.2, 0.25) is 0 Å². The van der Waals surface area contributed by atoms with Gasteiger partial charge in [-0.25, -0.2) is 0 Å². The van der Waals surface area contributed by atoms with Gasteiger partial charge in [0, 0.05) is 18.5 Å². The zero-order valence-corrected chi connectivity index (χ0v) is 18.5. The van der Waals surface area contributed by atoms with Gasteiger partial charge in [-0.15, -0.1) is 0 Å². The number of benzene rings is 3. The van der Waals surface area contributed by atoms with E-state index in [4.69, 9.17) is 18.9 Å². The molecule has 0 fully saturated rings. The summed E-state index contributed by atoms with van der Waals surface area (Å²) in [6.45, 7) is 0.556. The topological polar surface area (TPSA) is 95.1 Å². The van der Waals surface area contributed by atoms with E-state index in [1.165, 1.54) is 7.11 Å². The number of nitrogens with one attached hydrogen (secondary N) is 2. The van der Waals surface area contributed by atoms with Crippen LogP contribution in [0.2, 0.25) is 0 Å². The lowest BCUT2D eigenvalue weighted by atomic mass is 10.1. The third-order valence-corrected chi connectivity index (χ3v) is 4.51. The number of ether oxygens (including phenoxy) is 4. The Hall–Kier alpha value is -4.04. The number of carbonyl (C=O) groups excluding carboxylic acids is 2. The van der Waals surface area contributed by atoms with Gasteiger partial charge in [0.05, 0.1) is 19.3 Å². The SMILES string of the molecule is COCCOc1ccccc1C(=O)Nc1cccc(NC(=O)COc2ccccc2OC)c1. The second-order valence-corrected chi connectivity index (χ2v) is 6.86. The van der Waals surface area contributed by atoms with Crippen LogP contribution in [-0.2, 0) is 9.53 Å². The number of methoxy groups -OCH3 is 2. The second kappa shape index (κ2) is 12.1. The van der Waals surface area contributed by atoms with Gasteiger partial charge in [-0.1, -0.05) is 30.3 Å². The maximum atomic E-state index is 12.8. The van der Waals surface area contributed by atoms with Gasteiger partial charge in [0.15, 0.2) is 18.1 Å². The lowest BCUT2D eigenvalue weighted by Crippen LogP contribution is -2.20. The predicted octanol–water partition coefficient (Wildman–Crippen LogP) is 3.99. The van der Waals surface area contributed by atoms with Crippen molar-refractivity contribution in [2.75, 3.05) is 44.7 Å². The third kappa shape index (κ3) is 6.98. The van der Waals surface area contributed by atoms with Gasteiger partial charge in [-0.05, 0) is 42.5 Å². The zero-order chi connectivity index (χ0) is 23.5. The Labute approximate surface area is 192 Å². The summed E-state index contributed by atoms with van der Waals surface area (Å²) >= 11 is 0. The van der Waals surface area contributed by atoms with Crippen molar-refractivity contribution in [1.29, 1.82) is 0 Å². The smallest absolute Gasteiger partial charge is 0.262 e. The van der Waals surface area contributed by atoms with E-state index in [0.29, 0.717) is 47.4 Å². The number of amides is 2.